The Hall–Kier alpha value is -0.639. The highest BCUT2D eigenvalue weighted by Crippen LogP contribution is 2.25. The van der Waals surface area contributed by atoms with Crippen LogP contribution in [-0.2, 0) is 8.23 Å². The summed E-state index contributed by atoms with van der Waals surface area (Å²) in [4.78, 5) is 2.86. The predicted molar refractivity (Wildman–Crippen MR) is 92.8 cm³/mol. The molecular formula is C12H27N3O2Si3. The van der Waals surface area contributed by atoms with Crippen LogP contribution in [0.3, 0.4) is 0 Å². The maximum atomic E-state index is 8.59. The molecular weight excluding hydrogens is 302 g/mol. The van der Waals surface area contributed by atoms with Crippen LogP contribution >= 0.6 is 0 Å². The van der Waals surface area contributed by atoms with Gasteiger partial charge in [-0.3, -0.25) is 0 Å². The lowest BCUT2D eigenvalue weighted by atomic mass is 10.8. The molecule has 0 amide bonds. The lowest BCUT2D eigenvalue weighted by Gasteiger charge is -2.39. The standard InChI is InChI=1S/C12H27N3O2Si3/c1-8-10-18(3,4)16-20(7,12-14-15-13)17-19(5,6)11-9-2/h8-9H,1-2,10-12H2,3-7H3. The van der Waals surface area contributed by atoms with Crippen LogP contribution in [0.15, 0.2) is 30.4 Å². The lowest BCUT2D eigenvalue weighted by molar-refractivity contribution is 0.382. The van der Waals surface area contributed by atoms with Gasteiger partial charge in [-0.1, -0.05) is 17.3 Å². The van der Waals surface area contributed by atoms with E-state index < -0.39 is 25.2 Å². The molecule has 0 aromatic heterocycles. The molecule has 0 unspecified atom stereocenters. The number of rotatable bonds is 10. The first-order valence-electron chi connectivity index (χ1n) is 6.73. The Kier molecular flexibility index (Phi) is 7.71. The summed E-state index contributed by atoms with van der Waals surface area (Å²) < 4.78 is 12.7. The second-order valence-electron chi connectivity index (χ2n) is 6.23. The van der Waals surface area contributed by atoms with E-state index in [0.717, 1.165) is 12.1 Å². The Morgan fingerprint density at radius 3 is 1.70 bits per heavy atom. The average Bonchev–Trinajstić information content (AvgIpc) is 2.24. The monoisotopic (exact) mass is 329 g/mol. The number of allylic oxidation sites excluding steroid dienone is 2. The Balaban J connectivity index is 5.13. The number of nitrogens with zero attached hydrogens (tertiary/aromatic N) is 3. The summed E-state index contributed by atoms with van der Waals surface area (Å²) in [5.74, 6) is 0. The Morgan fingerprint density at radius 2 is 1.40 bits per heavy atom. The van der Waals surface area contributed by atoms with Gasteiger partial charge >= 0.3 is 8.56 Å². The van der Waals surface area contributed by atoms with Crippen LogP contribution in [0.2, 0.25) is 44.8 Å². The van der Waals surface area contributed by atoms with Gasteiger partial charge in [-0.2, -0.15) is 0 Å². The summed E-state index contributed by atoms with van der Waals surface area (Å²) in [5, 5.41) is 3.72. The van der Waals surface area contributed by atoms with Gasteiger partial charge in [-0.15, -0.1) is 13.2 Å². The van der Waals surface area contributed by atoms with Crippen molar-refractivity contribution < 1.29 is 8.23 Å². The molecule has 0 atom stereocenters. The van der Waals surface area contributed by atoms with Crippen molar-refractivity contribution in [2.24, 2.45) is 5.11 Å². The van der Waals surface area contributed by atoms with Gasteiger partial charge in [0.05, 0.1) is 6.17 Å². The molecule has 8 heteroatoms. The van der Waals surface area contributed by atoms with Crippen molar-refractivity contribution in [3.05, 3.63) is 35.8 Å². The largest absolute Gasteiger partial charge is 0.436 e. The van der Waals surface area contributed by atoms with E-state index in [1.807, 2.05) is 18.7 Å². The van der Waals surface area contributed by atoms with Crippen molar-refractivity contribution >= 4 is 25.2 Å². The van der Waals surface area contributed by atoms with Gasteiger partial charge in [0.15, 0.2) is 16.6 Å². The van der Waals surface area contributed by atoms with Gasteiger partial charge in [0, 0.05) is 4.91 Å². The molecule has 0 aliphatic carbocycles. The maximum absolute atomic E-state index is 8.59. The fourth-order valence-electron chi connectivity index (χ4n) is 2.19. The highest BCUT2D eigenvalue weighted by atomic mass is 28.5. The summed E-state index contributed by atoms with van der Waals surface area (Å²) in [6.45, 7) is 18.1. The summed E-state index contributed by atoms with van der Waals surface area (Å²) in [6.07, 6.45) is 4.09. The number of hydrogen-bond donors (Lipinski definition) is 0. The zero-order valence-electron chi connectivity index (χ0n) is 13.3. The molecule has 0 bridgehead atoms. The van der Waals surface area contributed by atoms with Gasteiger partial charge in [0.2, 0.25) is 0 Å². The molecule has 0 aromatic carbocycles. The molecule has 0 aliphatic heterocycles. The second-order valence-corrected chi connectivity index (χ2v) is 18.3. The molecule has 5 nitrogen and oxygen atoms in total. The van der Waals surface area contributed by atoms with Crippen molar-refractivity contribution in [1.82, 2.24) is 0 Å². The highest BCUT2D eigenvalue weighted by Gasteiger charge is 2.42. The van der Waals surface area contributed by atoms with Gasteiger partial charge in [0.1, 0.15) is 0 Å². The van der Waals surface area contributed by atoms with Gasteiger partial charge < -0.3 is 8.23 Å². The molecule has 0 saturated carbocycles. The third kappa shape index (κ3) is 7.83. The minimum Gasteiger partial charge on any atom is -0.436 e. The van der Waals surface area contributed by atoms with Crippen molar-refractivity contribution in [1.29, 1.82) is 0 Å². The first kappa shape index (κ1) is 19.4. The van der Waals surface area contributed by atoms with E-state index >= 15 is 0 Å². The van der Waals surface area contributed by atoms with E-state index in [4.69, 9.17) is 13.8 Å². The zero-order chi connectivity index (χ0) is 15.9. The zero-order valence-corrected chi connectivity index (χ0v) is 16.3. The first-order valence-corrected chi connectivity index (χ1v) is 15.5. The molecule has 0 N–H and O–H groups in total. The molecule has 0 saturated heterocycles. The smallest absolute Gasteiger partial charge is 0.320 e. The van der Waals surface area contributed by atoms with Crippen LogP contribution in [0.4, 0.5) is 0 Å². The summed E-state index contributed by atoms with van der Waals surface area (Å²) in [7, 11) is -6.27. The fraction of sp³-hybridized carbons (Fsp3) is 0.667. The summed E-state index contributed by atoms with van der Waals surface area (Å²) in [6, 6.07) is 1.72. The number of hydrogen-bond acceptors (Lipinski definition) is 3. The topological polar surface area (TPSA) is 67.2 Å². The maximum Gasteiger partial charge on any atom is 0.320 e. The second kappa shape index (κ2) is 7.96. The summed E-state index contributed by atoms with van der Waals surface area (Å²) in [5.41, 5.74) is 8.59. The molecule has 0 radical (unpaired) electrons. The van der Waals surface area contributed by atoms with E-state index in [9.17, 15) is 0 Å². The van der Waals surface area contributed by atoms with Crippen LogP contribution < -0.4 is 0 Å². The molecule has 20 heavy (non-hydrogen) atoms. The Morgan fingerprint density at radius 1 is 1.00 bits per heavy atom. The molecule has 0 heterocycles. The van der Waals surface area contributed by atoms with Crippen molar-refractivity contribution in [2.75, 3.05) is 6.17 Å². The van der Waals surface area contributed by atoms with E-state index in [2.05, 4.69) is 49.4 Å². The van der Waals surface area contributed by atoms with E-state index in [-0.39, 0.29) is 0 Å². The van der Waals surface area contributed by atoms with E-state index in [1.165, 1.54) is 0 Å². The number of azide groups is 1. The van der Waals surface area contributed by atoms with Crippen LogP contribution in [-0.4, -0.2) is 31.4 Å². The Labute approximate surface area is 125 Å². The lowest BCUT2D eigenvalue weighted by Crippen LogP contribution is -2.56. The van der Waals surface area contributed by atoms with E-state index in [0.29, 0.717) is 6.17 Å². The van der Waals surface area contributed by atoms with Crippen LogP contribution in [0.5, 0.6) is 0 Å². The molecule has 0 aliphatic rings. The molecule has 0 spiro atoms. The Bertz CT molecular complexity index is 369. The fourth-order valence-corrected chi connectivity index (χ4v) is 15.0. The van der Waals surface area contributed by atoms with Crippen LogP contribution in [0.25, 0.3) is 10.4 Å². The quantitative estimate of drug-likeness (QED) is 0.191. The van der Waals surface area contributed by atoms with Crippen molar-refractivity contribution in [3.63, 3.8) is 0 Å². The van der Waals surface area contributed by atoms with Crippen molar-refractivity contribution in [3.8, 4) is 0 Å². The normalized spacial score (nSPS) is 12.7. The molecule has 114 valence electrons. The van der Waals surface area contributed by atoms with Crippen molar-refractivity contribution in [2.45, 2.75) is 44.8 Å². The van der Waals surface area contributed by atoms with Crippen LogP contribution in [0, 0.1) is 0 Å². The third-order valence-electron chi connectivity index (χ3n) is 2.68. The molecule has 0 fully saturated rings. The van der Waals surface area contributed by atoms with Crippen LogP contribution in [0.1, 0.15) is 0 Å². The predicted octanol–water partition coefficient (Wildman–Crippen LogP) is 4.72. The SMILES string of the molecule is C=CC[Si](C)(C)O[Si](C)(CN=[N+]=[N-])O[Si](C)(C)CC=C. The van der Waals surface area contributed by atoms with Gasteiger partial charge in [0.25, 0.3) is 0 Å². The van der Waals surface area contributed by atoms with Gasteiger partial charge in [-0.05, 0) is 50.4 Å². The minimum absolute atomic E-state index is 0.310. The minimum atomic E-state index is -2.51. The molecule has 0 rings (SSSR count). The van der Waals surface area contributed by atoms with E-state index in [1.54, 1.807) is 0 Å². The van der Waals surface area contributed by atoms with Gasteiger partial charge in [-0.25, -0.2) is 0 Å². The molecule has 0 aromatic rings. The summed E-state index contributed by atoms with van der Waals surface area (Å²) >= 11 is 0. The highest BCUT2D eigenvalue weighted by molar-refractivity contribution is 6.88. The average molecular weight is 330 g/mol. The third-order valence-corrected chi connectivity index (χ3v) is 13.8. The first-order chi connectivity index (χ1) is 9.10.